The van der Waals surface area contributed by atoms with E-state index < -0.39 is 36.3 Å². The molecule has 19 heavy (non-hydrogen) atoms. The summed E-state index contributed by atoms with van der Waals surface area (Å²) in [7, 11) is 0. The topological polar surface area (TPSA) is 66.4 Å². The molecule has 1 fully saturated rings. The van der Waals surface area contributed by atoms with Crippen LogP contribution >= 0.6 is 0 Å². The van der Waals surface area contributed by atoms with Crippen LogP contribution in [0.3, 0.4) is 0 Å². The summed E-state index contributed by atoms with van der Waals surface area (Å²) in [6, 6.07) is 0. The van der Waals surface area contributed by atoms with Gasteiger partial charge >= 0.3 is 12.1 Å². The van der Waals surface area contributed by atoms with Crippen molar-refractivity contribution in [2.75, 3.05) is 6.54 Å². The van der Waals surface area contributed by atoms with E-state index in [4.69, 9.17) is 5.11 Å². The average Bonchev–Trinajstić information content (AvgIpc) is 2.65. The summed E-state index contributed by atoms with van der Waals surface area (Å²) in [5, 5.41) is 11.4. The SMILES string of the molecule is CC1C[C@H](C(=O)NCCCC(F)(F)F)[C@H](C(=O)O)C1. The minimum Gasteiger partial charge on any atom is -0.481 e. The number of alkyl halides is 3. The highest BCUT2D eigenvalue weighted by Gasteiger charge is 2.41. The average molecular weight is 281 g/mol. The Balaban J connectivity index is 2.38. The van der Waals surface area contributed by atoms with Crippen LogP contribution < -0.4 is 5.32 Å². The summed E-state index contributed by atoms with van der Waals surface area (Å²) in [6.45, 7) is 1.79. The molecule has 4 nitrogen and oxygen atoms in total. The zero-order valence-corrected chi connectivity index (χ0v) is 10.7. The van der Waals surface area contributed by atoms with E-state index in [1.807, 2.05) is 6.92 Å². The summed E-state index contributed by atoms with van der Waals surface area (Å²) < 4.78 is 35.7. The molecule has 0 saturated heterocycles. The zero-order valence-electron chi connectivity index (χ0n) is 10.7. The quantitative estimate of drug-likeness (QED) is 0.759. The third-order valence-electron chi connectivity index (χ3n) is 3.39. The van der Waals surface area contributed by atoms with Gasteiger partial charge in [0, 0.05) is 13.0 Å². The molecule has 1 saturated carbocycles. The standard InChI is InChI=1S/C12H18F3NO3/c1-7-5-8(9(6-7)11(18)19)10(17)16-4-2-3-12(13,14)15/h7-9H,2-6H2,1H3,(H,16,17)(H,18,19)/t7?,8-,9+/m0/s1. The second-order valence-corrected chi connectivity index (χ2v) is 5.14. The number of carbonyl (C=O) groups is 2. The number of rotatable bonds is 5. The maximum absolute atomic E-state index is 11.9. The van der Waals surface area contributed by atoms with Crippen molar-refractivity contribution >= 4 is 11.9 Å². The number of carboxylic acids is 1. The van der Waals surface area contributed by atoms with Gasteiger partial charge in [-0.15, -0.1) is 0 Å². The lowest BCUT2D eigenvalue weighted by atomic mass is 9.95. The van der Waals surface area contributed by atoms with Gasteiger partial charge in [-0.25, -0.2) is 0 Å². The molecule has 0 heterocycles. The first-order valence-corrected chi connectivity index (χ1v) is 6.28. The molecule has 0 spiro atoms. The van der Waals surface area contributed by atoms with Crippen LogP contribution in [0.2, 0.25) is 0 Å². The van der Waals surface area contributed by atoms with E-state index in [-0.39, 0.29) is 18.9 Å². The second kappa shape index (κ2) is 6.25. The highest BCUT2D eigenvalue weighted by atomic mass is 19.4. The van der Waals surface area contributed by atoms with Crippen LogP contribution in [0.4, 0.5) is 13.2 Å². The fourth-order valence-corrected chi connectivity index (χ4v) is 2.49. The Morgan fingerprint density at radius 2 is 1.84 bits per heavy atom. The van der Waals surface area contributed by atoms with E-state index in [1.165, 1.54) is 0 Å². The molecule has 0 aromatic carbocycles. The minimum absolute atomic E-state index is 0.0738. The Kier molecular flexibility index (Phi) is 5.20. The van der Waals surface area contributed by atoms with Gasteiger partial charge in [-0.3, -0.25) is 9.59 Å². The Labute approximate surface area is 109 Å². The molecule has 1 amide bonds. The molecule has 0 aromatic heterocycles. The van der Waals surface area contributed by atoms with Gasteiger partial charge in [0.25, 0.3) is 0 Å². The van der Waals surface area contributed by atoms with Crippen LogP contribution in [0.5, 0.6) is 0 Å². The van der Waals surface area contributed by atoms with E-state index in [0.29, 0.717) is 12.8 Å². The number of carbonyl (C=O) groups excluding carboxylic acids is 1. The minimum atomic E-state index is -4.23. The Hall–Kier alpha value is -1.27. The summed E-state index contributed by atoms with van der Waals surface area (Å²) in [4.78, 5) is 22.8. The molecule has 1 aliphatic carbocycles. The number of carboxylic acid groups (broad SMARTS) is 1. The number of amides is 1. The van der Waals surface area contributed by atoms with Gasteiger partial charge in [0.2, 0.25) is 5.91 Å². The molecule has 0 radical (unpaired) electrons. The molecule has 0 bridgehead atoms. The molecular weight excluding hydrogens is 263 g/mol. The molecule has 1 unspecified atom stereocenters. The van der Waals surface area contributed by atoms with Gasteiger partial charge in [-0.05, 0) is 25.2 Å². The first kappa shape index (κ1) is 15.8. The maximum Gasteiger partial charge on any atom is 0.389 e. The van der Waals surface area contributed by atoms with Crippen LogP contribution in [-0.4, -0.2) is 29.7 Å². The summed E-state index contributed by atoms with van der Waals surface area (Å²) in [5.74, 6) is -2.67. The lowest BCUT2D eigenvalue weighted by Crippen LogP contribution is -2.36. The van der Waals surface area contributed by atoms with Crippen molar-refractivity contribution in [1.82, 2.24) is 5.32 Å². The molecular formula is C12H18F3NO3. The maximum atomic E-state index is 11.9. The van der Waals surface area contributed by atoms with Gasteiger partial charge < -0.3 is 10.4 Å². The fourth-order valence-electron chi connectivity index (χ4n) is 2.49. The molecule has 110 valence electrons. The lowest BCUT2D eigenvalue weighted by molar-refractivity contribution is -0.146. The Morgan fingerprint density at radius 1 is 1.26 bits per heavy atom. The van der Waals surface area contributed by atoms with Crippen molar-refractivity contribution in [2.24, 2.45) is 17.8 Å². The van der Waals surface area contributed by atoms with Crippen LogP contribution in [0.15, 0.2) is 0 Å². The number of hydrogen-bond acceptors (Lipinski definition) is 2. The molecule has 1 aliphatic rings. The monoisotopic (exact) mass is 281 g/mol. The molecule has 3 atom stereocenters. The number of halogens is 3. The van der Waals surface area contributed by atoms with E-state index in [1.54, 1.807) is 0 Å². The van der Waals surface area contributed by atoms with Gasteiger partial charge in [0.15, 0.2) is 0 Å². The summed E-state index contributed by atoms with van der Waals surface area (Å²) >= 11 is 0. The van der Waals surface area contributed by atoms with E-state index in [2.05, 4.69) is 5.32 Å². The van der Waals surface area contributed by atoms with Gasteiger partial charge in [-0.1, -0.05) is 6.92 Å². The molecule has 1 rings (SSSR count). The fraction of sp³-hybridized carbons (Fsp3) is 0.833. The summed E-state index contributed by atoms with van der Waals surface area (Å²) in [5.41, 5.74) is 0. The third-order valence-corrected chi connectivity index (χ3v) is 3.39. The normalized spacial score (nSPS) is 27.3. The zero-order chi connectivity index (χ0) is 14.6. The van der Waals surface area contributed by atoms with Crippen LogP contribution in [-0.2, 0) is 9.59 Å². The first-order chi connectivity index (χ1) is 8.70. The van der Waals surface area contributed by atoms with Gasteiger partial charge in [-0.2, -0.15) is 13.2 Å². The van der Waals surface area contributed by atoms with E-state index in [9.17, 15) is 22.8 Å². The van der Waals surface area contributed by atoms with Crippen molar-refractivity contribution < 1.29 is 27.9 Å². The van der Waals surface area contributed by atoms with Gasteiger partial charge in [0.05, 0.1) is 11.8 Å². The second-order valence-electron chi connectivity index (χ2n) is 5.14. The largest absolute Gasteiger partial charge is 0.481 e. The lowest BCUT2D eigenvalue weighted by Gasteiger charge is -2.15. The Bertz CT molecular complexity index is 344. The summed E-state index contributed by atoms with van der Waals surface area (Å²) in [6.07, 6.45) is -4.44. The van der Waals surface area contributed by atoms with Crippen molar-refractivity contribution in [1.29, 1.82) is 0 Å². The number of nitrogens with one attached hydrogen (secondary N) is 1. The molecule has 7 heteroatoms. The van der Waals surface area contributed by atoms with Crippen LogP contribution in [0, 0.1) is 17.8 Å². The Morgan fingerprint density at radius 3 is 2.37 bits per heavy atom. The molecule has 0 aliphatic heterocycles. The van der Waals surface area contributed by atoms with Crippen molar-refractivity contribution in [3.05, 3.63) is 0 Å². The molecule has 0 aromatic rings. The van der Waals surface area contributed by atoms with Crippen LogP contribution in [0.25, 0.3) is 0 Å². The van der Waals surface area contributed by atoms with E-state index >= 15 is 0 Å². The first-order valence-electron chi connectivity index (χ1n) is 6.28. The number of hydrogen-bond donors (Lipinski definition) is 2. The predicted molar refractivity (Wildman–Crippen MR) is 61.3 cm³/mol. The van der Waals surface area contributed by atoms with Crippen molar-refractivity contribution in [3.63, 3.8) is 0 Å². The van der Waals surface area contributed by atoms with E-state index in [0.717, 1.165) is 0 Å². The van der Waals surface area contributed by atoms with Gasteiger partial charge in [0.1, 0.15) is 0 Å². The highest BCUT2D eigenvalue weighted by molar-refractivity contribution is 5.85. The van der Waals surface area contributed by atoms with Crippen molar-refractivity contribution in [3.8, 4) is 0 Å². The van der Waals surface area contributed by atoms with Crippen molar-refractivity contribution in [2.45, 2.75) is 38.8 Å². The smallest absolute Gasteiger partial charge is 0.389 e. The third kappa shape index (κ3) is 5.08. The molecule has 2 N–H and O–H groups in total. The highest BCUT2D eigenvalue weighted by Crippen LogP contribution is 2.36. The van der Waals surface area contributed by atoms with Crippen LogP contribution in [0.1, 0.15) is 32.6 Å². The predicted octanol–water partition coefficient (Wildman–Crippen LogP) is 2.19. The number of aliphatic carboxylic acids is 1.